The first-order chi connectivity index (χ1) is 7.33. The van der Waals surface area contributed by atoms with Gasteiger partial charge in [-0.3, -0.25) is 4.90 Å². The third-order valence-corrected chi connectivity index (χ3v) is 3.85. The monoisotopic (exact) mass is 213 g/mol. The third kappa shape index (κ3) is 2.50. The number of piperazine rings is 1. The van der Waals surface area contributed by atoms with Gasteiger partial charge < -0.3 is 15.7 Å². The van der Waals surface area contributed by atoms with Crippen LogP contribution in [0.3, 0.4) is 0 Å². The van der Waals surface area contributed by atoms with Crippen LogP contribution in [0.15, 0.2) is 0 Å². The molecule has 1 saturated carbocycles. The van der Waals surface area contributed by atoms with E-state index in [1.165, 1.54) is 12.8 Å². The van der Waals surface area contributed by atoms with Gasteiger partial charge in [0, 0.05) is 38.1 Å². The Morgan fingerprint density at radius 2 is 2.07 bits per heavy atom. The highest BCUT2D eigenvalue weighted by molar-refractivity contribution is 4.87. The topological polar surface area (TPSA) is 47.5 Å². The highest BCUT2D eigenvalue weighted by atomic mass is 16.3. The molecule has 2 fully saturated rings. The summed E-state index contributed by atoms with van der Waals surface area (Å²) in [5.41, 5.74) is 0. The van der Waals surface area contributed by atoms with Gasteiger partial charge in [-0.25, -0.2) is 0 Å². The molecule has 0 spiro atoms. The van der Waals surface area contributed by atoms with Crippen LogP contribution in [0.1, 0.15) is 19.3 Å². The summed E-state index contributed by atoms with van der Waals surface area (Å²) in [6.45, 7) is 3.98. The molecule has 88 valence electrons. The number of hydrogen-bond donors (Lipinski definition) is 3. The lowest BCUT2D eigenvalue weighted by molar-refractivity contribution is -0.0500. The molecule has 2 aliphatic rings. The van der Waals surface area contributed by atoms with Crippen LogP contribution < -0.4 is 10.6 Å². The number of aliphatic hydroxyl groups excluding tert-OH is 1. The summed E-state index contributed by atoms with van der Waals surface area (Å²) in [6, 6.07) is 0.509. The summed E-state index contributed by atoms with van der Waals surface area (Å²) in [6.07, 6.45) is 3.38. The maximum atomic E-state index is 10.3. The SMILES string of the molecule is CNC1CCCC1C(O)N1CCNCC1. The van der Waals surface area contributed by atoms with E-state index in [2.05, 4.69) is 15.5 Å². The molecule has 0 radical (unpaired) electrons. The van der Waals surface area contributed by atoms with Crippen molar-refractivity contribution >= 4 is 0 Å². The molecule has 3 N–H and O–H groups in total. The molecule has 0 aromatic carbocycles. The van der Waals surface area contributed by atoms with Gasteiger partial charge in [0.15, 0.2) is 0 Å². The van der Waals surface area contributed by atoms with Gasteiger partial charge in [-0.05, 0) is 19.9 Å². The van der Waals surface area contributed by atoms with E-state index in [9.17, 15) is 5.11 Å². The first kappa shape index (κ1) is 11.3. The summed E-state index contributed by atoms with van der Waals surface area (Å²) in [4.78, 5) is 2.22. The highest BCUT2D eigenvalue weighted by Crippen LogP contribution is 2.29. The van der Waals surface area contributed by atoms with Crippen LogP contribution in [0.2, 0.25) is 0 Å². The van der Waals surface area contributed by atoms with Crippen LogP contribution in [0.25, 0.3) is 0 Å². The van der Waals surface area contributed by atoms with Crippen LogP contribution in [0.4, 0.5) is 0 Å². The molecule has 1 saturated heterocycles. The van der Waals surface area contributed by atoms with Crippen molar-refractivity contribution < 1.29 is 5.11 Å². The zero-order valence-corrected chi connectivity index (χ0v) is 9.58. The van der Waals surface area contributed by atoms with E-state index in [4.69, 9.17) is 0 Å². The van der Waals surface area contributed by atoms with Gasteiger partial charge in [0.25, 0.3) is 0 Å². The predicted molar refractivity (Wildman–Crippen MR) is 60.6 cm³/mol. The minimum Gasteiger partial charge on any atom is -0.378 e. The van der Waals surface area contributed by atoms with E-state index in [0.717, 1.165) is 32.6 Å². The Labute approximate surface area is 92.0 Å². The standard InChI is InChI=1S/C11H23N3O/c1-12-10-4-2-3-9(10)11(15)14-7-5-13-6-8-14/h9-13,15H,2-8H2,1H3. The first-order valence-electron chi connectivity index (χ1n) is 6.13. The van der Waals surface area contributed by atoms with E-state index in [0.29, 0.717) is 12.0 Å². The normalized spacial score (nSPS) is 35.6. The Kier molecular flexibility index (Phi) is 3.97. The van der Waals surface area contributed by atoms with E-state index in [1.54, 1.807) is 0 Å². The fraction of sp³-hybridized carbons (Fsp3) is 1.00. The lowest BCUT2D eigenvalue weighted by Gasteiger charge is -2.36. The Bertz CT molecular complexity index is 194. The molecule has 4 heteroatoms. The number of aliphatic hydroxyl groups is 1. The molecule has 0 amide bonds. The largest absolute Gasteiger partial charge is 0.378 e. The van der Waals surface area contributed by atoms with E-state index < -0.39 is 0 Å². The smallest absolute Gasteiger partial charge is 0.111 e. The Hall–Kier alpha value is -0.160. The second kappa shape index (κ2) is 5.25. The van der Waals surface area contributed by atoms with Crippen molar-refractivity contribution in [3.05, 3.63) is 0 Å². The lowest BCUT2D eigenvalue weighted by Crippen LogP contribution is -2.53. The molecule has 1 aliphatic carbocycles. The average Bonchev–Trinajstić information content (AvgIpc) is 2.77. The van der Waals surface area contributed by atoms with Gasteiger partial charge in [0.1, 0.15) is 6.23 Å². The van der Waals surface area contributed by atoms with Gasteiger partial charge in [0.2, 0.25) is 0 Å². The van der Waals surface area contributed by atoms with Crippen LogP contribution in [0, 0.1) is 5.92 Å². The number of rotatable bonds is 3. The molecule has 15 heavy (non-hydrogen) atoms. The number of nitrogens with zero attached hydrogens (tertiary/aromatic N) is 1. The molecule has 0 bridgehead atoms. The van der Waals surface area contributed by atoms with Gasteiger partial charge in [-0.2, -0.15) is 0 Å². The van der Waals surface area contributed by atoms with Crippen molar-refractivity contribution in [2.24, 2.45) is 5.92 Å². The minimum absolute atomic E-state index is 0.243. The maximum Gasteiger partial charge on any atom is 0.111 e. The Morgan fingerprint density at radius 3 is 2.73 bits per heavy atom. The van der Waals surface area contributed by atoms with Gasteiger partial charge in [0.05, 0.1) is 0 Å². The van der Waals surface area contributed by atoms with Crippen molar-refractivity contribution in [2.45, 2.75) is 31.5 Å². The molecular weight excluding hydrogens is 190 g/mol. The van der Waals surface area contributed by atoms with Crippen LogP contribution in [0.5, 0.6) is 0 Å². The van der Waals surface area contributed by atoms with Crippen molar-refractivity contribution in [2.75, 3.05) is 33.2 Å². The molecule has 2 rings (SSSR count). The lowest BCUT2D eigenvalue weighted by atomic mass is 10.0. The Morgan fingerprint density at radius 1 is 1.33 bits per heavy atom. The molecule has 0 aromatic heterocycles. The van der Waals surface area contributed by atoms with Gasteiger partial charge >= 0.3 is 0 Å². The fourth-order valence-corrected chi connectivity index (χ4v) is 2.92. The molecule has 1 heterocycles. The second-order valence-electron chi connectivity index (χ2n) is 4.69. The van der Waals surface area contributed by atoms with Crippen LogP contribution in [-0.2, 0) is 0 Å². The summed E-state index contributed by atoms with van der Waals surface area (Å²) in [7, 11) is 2.01. The summed E-state index contributed by atoms with van der Waals surface area (Å²) in [5, 5.41) is 17.0. The first-order valence-corrected chi connectivity index (χ1v) is 6.13. The molecule has 1 aliphatic heterocycles. The second-order valence-corrected chi connectivity index (χ2v) is 4.69. The zero-order chi connectivity index (χ0) is 10.7. The van der Waals surface area contributed by atoms with Gasteiger partial charge in [-0.15, -0.1) is 0 Å². The van der Waals surface area contributed by atoms with Gasteiger partial charge in [-0.1, -0.05) is 6.42 Å². The average molecular weight is 213 g/mol. The van der Waals surface area contributed by atoms with E-state index in [1.807, 2.05) is 7.05 Å². The summed E-state index contributed by atoms with van der Waals surface area (Å²) < 4.78 is 0. The molecule has 3 atom stereocenters. The molecule has 4 nitrogen and oxygen atoms in total. The van der Waals surface area contributed by atoms with E-state index >= 15 is 0 Å². The minimum atomic E-state index is -0.243. The number of hydrogen-bond acceptors (Lipinski definition) is 4. The summed E-state index contributed by atoms with van der Waals surface area (Å²) in [5.74, 6) is 0.424. The van der Waals surface area contributed by atoms with Crippen LogP contribution >= 0.6 is 0 Å². The van der Waals surface area contributed by atoms with Crippen molar-refractivity contribution in [3.63, 3.8) is 0 Å². The third-order valence-electron chi connectivity index (χ3n) is 3.85. The maximum absolute atomic E-state index is 10.3. The molecule has 0 aromatic rings. The zero-order valence-electron chi connectivity index (χ0n) is 9.58. The van der Waals surface area contributed by atoms with Crippen LogP contribution in [-0.4, -0.2) is 55.5 Å². The van der Waals surface area contributed by atoms with Crippen molar-refractivity contribution in [3.8, 4) is 0 Å². The predicted octanol–water partition coefficient (Wildman–Crippen LogP) is -0.402. The quantitative estimate of drug-likeness (QED) is 0.597. The van der Waals surface area contributed by atoms with Crippen molar-refractivity contribution in [1.82, 2.24) is 15.5 Å². The Balaban J connectivity index is 1.90. The highest BCUT2D eigenvalue weighted by Gasteiger charge is 2.35. The number of nitrogens with one attached hydrogen (secondary N) is 2. The summed E-state index contributed by atoms with van der Waals surface area (Å²) >= 11 is 0. The van der Waals surface area contributed by atoms with E-state index in [-0.39, 0.29) is 6.23 Å². The fourth-order valence-electron chi connectivity index (χ4n) is 2.92. The molecule has 3 unspecified atom stereocenters. The van der Waals surface area contributed by atoms with Crippen molar-refractivity contribution in [1.29, 1.82) is 0 Å². The molecular formula is C11H23N3O.